The summed E-state index contributed by atoms with van der Waals surface area (Å²) in [6.07, 6.45) is -3.46. The third kappa shape index (κ3) is 7.87. The van der Waals surface area contributed by atoms with Gasteiger partial charge in [0, 0.05) is 5.56 Å². The molecule has 1 heterocycles. The van der Waals surface area contributed by atoms with Gasteiger partial charge in [0.1, 0.15) is 23.7 Å². The molecule has 0 aliphatic rings. The number of rotatable bonds is 10. The van der Waals surface area contributed by atoms with Crippen LogP contribution in [0.4, 0.5) is 26.3 Å². The minimum Gasteiger partial charge on any atom is -0.490 e. The molecule has 0 amide bonds. The highest BCUT2D eigenvalue weighted by atomic mass is 32.2. The Hall–Kier alpha value is -4.39. The van der Waals surface area contributed by atoms with Gasteiger partial charge in [-0.15, -0.1) is 11.8 Å². The maximum absolute atomic E-state index is 15.1. The summed E-state index contributed by atoms with van der Waals surface area (Å²) in [4.78, 5) is 18.3. The predicted octanol–water partition coefficient (Wildman–Crippen LogP) is 9.80. The largest absolute Gasteiger partial charge is 0.490 e. The zero-order chi connectivity index (χ0) is 34.2. The summed E-state index contributed by atoms with van der Waals surface area (Å²) in [7, 11) is 0.999. The van der Waals surface area contributed by atoms with E-state index in [4.69, 9.17) is 18.9 Å². The Morgan fingerprint density at radius 1 is 0.935 bits per heavy atom. The van der Waals surface area contributed by atoms with Gasteiger partial charge in [-0.25, -0.2) is 13.6 Å². The van der Waals surface area contributed by atoms with Crippen LogP contribution in [0.3, 0.4) is 0 Å². The van der Waals surface area contributed by atoms with Crippen LogP contribution in [0.1, 0.15) is 48.0 Å². The van der Waals surface area contributed by atoms with E-state index in [1.807, 2.05) is 13.8 Å². The van der Waals surface area contributed by atoms with Gasteiger partial charge >= 0.3 is 12.1 Å². The van der Waals surface area contributed by atoms with Gasteiger partial charge < -0.3 is 18.9 Å². The molecule has 46 heavy (non-hydrogen) atoms. The molecule has 0 saturated carbocycles. The summed E-state index contributed by atoms with van der Waals surface area (Å²) in [6, 6.07) is 11.4. The van der Waals surface area contributed by atoms with E-state index in [0.29, 0.717) is 28.8 Å². The second kappa shape index (κ2) is 15.7. The monoisotopic (exact) mass is 667 g/mol. The van der Waals surface area contributed by atoms with Crippen LogP contribution in [0.2, 0.25) is 0 Å². The second-order valence-corrected chi connectivity index (χ2v) is 9.92. The van der Waals surface area contributed by atoms with Crippen molar-refractivity contribution in [3.63, 3.8) is 0 Å². The molecule has 0 aliphatic heterocycles. The predicted molar refractivity (Wildman–Crippen MR) is 162 cm³/mol. The number of methoxy groups -OCH3 is 1. The molecule has 0 aliphatic carbocycles. The van der Waals surface area contributed by atoms with E-state index in [1.165, 1.54) is 11.8 Å². The van der Waals surface area contributed by atoms with E-state index in [0.717, 1.165) is 18.7 Å². The number of carbonyl (C=O) groups is 1. The smallest absolute Gasteiger partial charge is 0.419 e. The van der Waals surface area contributed by atoms with Gasteiger partial charge in [0.25, 0.3) is 0 Å². The number of alkyl halides is 3. The first-order valence-corrected chi connectivity index (χ1v) is 15.2. The average molecular weight is 668 g/mol. The minimum absolute atomic E-state index is 0.000957. The van der Waals surface area contributed by atoms with Crippen LogP contribution >= 0.6 is 11.8 Å². The summed E-state index contributed by atoms with van der Waals surface area (Å²) < 4.78 is 107. The Morgan fingerprint density at radius 2 is 1.61 bits per heavy atom. The average Bonchev–Trinajstić information content (AvgIpc) is 3.03. The van der Waals surface area contributed by atoms with Crippen molar-refractivity contribution in [2.75, 3.05) is 20.0 Å². The lowest BCUT2D eigenvalue weighted by Gasteiger charge is -2.21. The fourth-order valence-electron chi connectivity index (χ4n) is 4.30. The van der Waals surface area contributed by atoms with Gasteiger partial charge in [0.2, 0.25) is 11.6 Å². The second-order valence-electron chi connectivity index (χ2n) is 9.10. The molecule has 0 bridgehead atoms. The normalized spacial score (nSPS) is 11.0. The third-order valence-electron chi connectivity index (χ3n) is 6.26. The quantitative estimate of drug-likeness (QED) is 0.0948. The summed E-state index contributed by atoms with van der Waals surface area (Å²) in [6.45, 7) is 7.01. The van der Waals surface area contributed by atoms with Crippen LogP contribution in [-0.4, -0.2) is 30.9 Å². The highest BCUT2D eigenvalue weighted by molar-refractivity contribution is 7.98. The molecule has 0 unspecified atom stereocenters. The summed E-state index contributed by atoms with van der Waals surface area (Å²) in [5.74, 6) is -7.40. The molecular weight excluding hydrogens is 636 g/mol. The van der Waals surface area contributed by atoms with Gasteiger partial charge in [-0.2, -0.15) is 17.6 Å². The number of thioether (sulfide) groups is 1. The molecule has 13 heteroatoms. The fourth-order valence-corrected chi connectivity index (χ4v) is 4.99. The Bertz CT molecular complexity index is 1680. The van der Waals surface area contributed by atoms with Crippen molar-refractivity contribution < 1.29 is 50.1 Å². The van der Waals surface area contributed by atoms with E-state index in [1.54, 1.807) is 50.4 Å². The Labute approximate surface area is 266 Å². The van der Waals surface area contributed by atoms with Crippen molar-refractivity contribution in [3.8, 4) is 34.3 Å². The number of hydrogen-bond donors (Lipinski definition) is 0. The van der Waals surface area contributed by atoms with Gasteiger partial charge in [0.15, 0.2) is 17.3 Å². The van der Waals surface area contributed by atoms with Crippen molar-refractivity contribution in [3.05, 3.63) is 94.4 Å². The third-order valence-corrected chi connectivity index (χ3v) is 7.14. The number of ether oxygens (including phenoxy) is 4. The van der Waals surface area contributed by atoms with Gasteiger partial charge in [-0.3, -0.25) is 4.98 Å². The first-order chi connectivity index (χ1) is 21.9. The van der Waals surface area contributed by atoms with Crippen molar-refractivity contribution in [2.45, 2.75) is 45.4 Å². The number of benzene rings is 3. The summed E-state index contributed by atoms with van der Waals surface area (Å²) in [5.41, 5.74) is -1.75. The molecule has 0 radical (unpaired) electrons. The lowest BCUT2D eigenvalue weighted by atomic mass is 10.00. The zero-order valence-corrected chi connectivity index (χ0v) is 26.6. The number of pyridine rings is 1. The molecule has 0 N–H and O–H groups in total. The van der Waals surface area contributed by atoms with E-state index in [-0.39, 0.29) is 30.2 Å². The first-order valence-electron chi connectivity index (χ1n) is 13.9. The molecule has 0 fully saturated rings. The van der Waals surface area contributed by atoms with E-state index in [2.05, 4.69) is 4.98 Å². The number of aromatic nitrogens is 1. The Balaban J connectivity index is 0.00000282. The zero-order valence-electron chi connectivity index (χ0n) is 25.8. The van der Waals surface area contributed by atoms with Gasteiger partial charge in [-0.05, 0) is 49.9 Å². The molecule has 246 valence electrons. The fraction of sp³-hybridized carbons (Fsp3) is 0.273. The Morgan fingerprint density at radius 3 is 2.20 bits per heavy atom. The topological polar surface area (TPSA) is 66.9 Å². The molecule has 6 nitrogen and oxygen atoms in total. The van der Waals surface area contributed by atoms with Crippen LogP contribution < -0.4 is 14.2 Å². The van der Waals surface area contributed by atoms with Crippen LogP contribution in [0.25, 0.3) is 11.3 Å². The number of halogens is 6. The molecule has 4 aromatic rings. The maximum Gasteiger partial charge on any atom is 0.419 e. The molecule has 0 atom stereocenters. The van der Waals surface area contributed by atoms with Crippen LogP contribution in [0, 0.1) is 24.4 Å². The summed E-state index contributed by atoms with van der Waals surface area (Å²) in [5, 5.41) is 0. The van der Waals surface area contributed by atoms with Crippen molar-refractivity contribution in [1.82, 2.24) is 4.98 Å². The molecule has 0 spiro atoms. The van der Waals surface area contributed by atoms with Crippen LogP contribution in [0.15, 0.2) is 59.5 Å². The van der Waals surface area contributed by atoms with E-state index >= 15 is 4.39 Å². The lowest BCUT2D eigenvalue weighted by molar-refractivity contribution is -0.140. The molecular formula is C33H31F6NO5S. The van der Waals surface area contributed by atoms with Gasteiger partial charge in [0.05, 0.1) is 35.6 Å². The van der Waals surface area contributed by atoms with Gasteiger partial charge in [-0.1, -0.05) is 44.2 Å². The van der Waals surface area contributed by atoms with Crippen LogP contribution in [0.5, 0.6) is 23.0 Å². The highest BCUT2D eigenvalue weighted by Crippen LogP contribution is 2.46. The van der Waals surface area contributed by atoms with E-state index in [9.17, 15) is 26.7 Å². The van der Waals surface area contributed by atoms with Crippen molar-refractivity contribution >= 4 is 17.7 Å². The molecule has 0 saturated heterocycles. The lowest BCUT2D eigenvalue weighted by Crippen LogP contribution is -2.14. The number of carbonyl (C=O) groups excluding carboxylic acids is 1. The highest BCUT2D eigenvalue weighted by Gasteiger charge is 2.37. The minimum atomic E-state index is -5.17. The van der Waals surface area contributed by atoms with Crippen molar-refractivity contribution in [1.29, 1.82) is 0 Å². The molecule has 4 rings (SSSR count). The number of aryl methyl sites for hydroxylation is 1. The van der Waals surface area contributed by atoms with Crippen molar-refractivity contribution in [2.24, 2.45) is 0 Å². The number of hydrogen-bond acceptors (Lipinski definition) is 7. The Kier molecular flexibility index (Phi) is 12.4. The molecule has 1 aromatic heterocycles. The maximum atomic E-state index is 15.1. The van der Waals surface area contributed by atoms with Crippen LogP contribution in [-0.2, 0) is 17.5 Å². The summed E-state index contributed by atoms with van der Waals surface area (Å²) >= 11 is 1.19. The number of nitrogens with zero attached hydrogens (tertiary/aromatic N) is 1. The SMILES string of the molecule is CC.CCOC(=O)c1c(-c2cc(F)c(C(F)(F)F)cc2Oc2ccc(F)c(F)c2OC)nc(C)c(SC)c1OCc1ccccc1. The molecule has 3 aromatic carbocycles. The number of esters is 1. The van der Waals surface area contributed by atoms with E-state index < -0.39 is 58.0 Å². The first kappa shape index (κ1) is 36.1. The standard InChI is InChI=1S/C31H25F6NO5S.C2H6/c1-5-41-30(39)24-26(38-16(2)29(44-4)28(24)42-15-17-9-7-6-8-10-17)18-13-21(33)19(31(35,36)37)14-23(18)43-22-12-11-20(32)25(34)27(22)40-3;1-2/h6-14H,5,15H2,1-4H3;1-2H3.